The van der Waals surface area contributed by atoms with Gasteiger partial charge in [0.2, 0.25) is 5.91 Å². The van der Waals surface area contributed by atoms with E-state index >= 15 is 4.39 Å². The number of amides is 1. The highest BCUT2D eigenvalue weighted by Crippen LogP contribution is 2.45. The molecule has 3 atom stereocenters. The van der Waals surface area contributed by atoms with Crippen molar-refractivity contribution in [1.29, 1.82) is 0 Å². The average Bonchev–Trinajstić information content (AvgIpc) is 3.12. The number of halogens is 2. The van der Waals surface area contributed by atoms with Crippen molar-refractivity contribution < 1.29 is 18.7 Å². The number of aryl methyl sites for hydroxylation is 1. The predicted octanol–water partition coefficient (Wildman–Crippen LogP) is 3.68. The van der Waals surface area contributed by atoms with Crippen molar-refractivity contribution in [2.45, 2.75) is 26.4 Å². The molecule has 3 heterocycles. The highest BCUT2D eigenvalue weighted by Gasteiger charge is 2.48. The maximum Gasteiger partial charge on any atom is 0.236 e. The Morgan fingerprint density at radius 3 is 2.52 bits per heavy atom. The first kappa shape index (κ1) is 23.3. The summed E-state index contributed by atoms with van der Waals surface area (Å²) in [5.41, 5.74) is 0.828. The van der Waals surface area contributed by atoms with Crippen molar-refractivity contribution in [3.05, 3.63) is 53.4 Å². The molecule has 6 nitrogen and oxygen atoms in total. The van der Waals surface area contributed by atoms with Crippen molar-refractivity contribution in [1.82, 2.24) is 19.8 Å². The Morgan fingerprint density at radius 1 is 1.24 bits per heavy atom. The molecule has 0 unspecified atom stereocenters. The molecule has 1 aromatic carbocycles. The smallest absolute Gasteiger partial charge is 0.236 e. The van der Waals surface area contributed by atoms with Gasteiger partial charge in [0, 0.05) is 42.9 Å². The molecule has 0 aliphatic carbocycles. The number of fused-ring (bicyclic) bond motifs is 1. The van der Waals surface area contributed by atoms with Crippen LogP contribution < -0.4 is 0 Å². The quantitative estimate of drug-likeness (QED) is 0.628. The van der Waals surface area contributed by atoms with Crippen LogP contribution in [0.3, 0.4) is 0 Å². The summed E-state index contributed by atoms with van der Waals surface area (Å²) in [4.78, 5) is 23.0. The highest BCUT2D eigenvalue weighted by molar-refractivity contribution is 5.93. The van der Waals surface area contributed by atoms with Gasteiger partial charge >= 0.3 is 0 Å². The van der Waals surface area contributed by atoms with Crippen LogP contribution >= 0.6 is 0 Å². The number of nitrogens with zero attached hydrogens (tertiary/aromatic N) is 3. The number of carbonyl (C=O) groups excluding carboxylic acids is 1. The number of aromatic nitrogens is 2. The molecule has 1 amide bonds. The van der Waals surface area contributed by atoms with Gasteiger partial charge in [-0.2, -0.15) is 0 Å². The summed E-state index contributed by atoms with van der Waals surface area (Å²) in [6.07, 6.45) is 2.78. The Hall–Kier alpha value is -2.84. The third-order valence-corrected chi connectivity index (χ3v) is 6.82. The van der Waals surface area contributed by atoms with Crippen LogP contribution in [0.15, 0.2) is 30.6 Å². The molecule has 1 fully saturated rings. The van der Waals surface area contributed by atoms with Gasteiger partial charge in [-0.3, -0.25) is 4.79 Å². The molecule has 8 heteroatoms. The van der Waals surface area contributed by atoms with Crippen molar-refractivity contribution in [2.75, 3.05) is 33.7 Å². The summed E-state index contributed by atoms with van der Waals surface area (Å²) in [6.45, 7) is 6.42. The topological polar surface area (TPSA) is 72.5 Å². The largest absolute Gasteiger partial charge is 0.384 e. The summed E-state index contributed by atoms with van der Waals surface area (Å²) in [5, 5.41) is 12.1. The SMILES string of the molecule is Cc1cc(-c2ccnc3[nH]cc(F)c23)cc(F)c1[C@@]1(O)[C@H](C)CN(C(=O)CN(C)C)C[C@@H]1C. The third kappa shape index (κ3) is 3.91. The molecule has 2 N–H and O–H groups in total. The van der Waals surface area contributed by atoms with Crippen molar-refractivity contribution in [2.24, 2.45) is 11.8 Å². The van der Waals surface area contributed by atoms with Gasteiger partial charge < -0.3 is 19.9 Å². The number of likely N-dealkylation sites (tertiary alicyclic amines) is 1. The first-order valence-electron chi connectivity index (χ1n) is 11.1. The molecule has 0 radical (unpaired) electrons. The molecule has 0 saturated carbocycles. The van der Waals surface area contributed by atoms with Crippen molar-refractivity contribution in [3.8, 4) is 11.1 Å². The molecule has 3 aromatic rings. The lowest BCUT2D eigenvalue weighted by Gasteiger charge is -2.48. The Kier molecular flexibility index (Phi) is 6.01. The third-order valence-electron chi connectivity index (χ3n) is 6.82. The lowest BCUT2D eigenvalue weighted by molar-refractivity contribution is -0.150. The van der Waals surface area contributed by atoms with Crippen LogP contribution in [0.1, 0.15) is 25.0 Å². The van der Waals surface area contributed by atoms with Gasteiger partial charge in [0.1, 0.15) is 17.1 Å². The number of carbonyl (C=O) groups is 1. The van der Waals surface area contributed by atoms with E-state index in [4.69, 9.17) is 0 Å². The van der Waals surface area contributed by atoms with E-state index in [2.05, 4.69) is 9.97 Å². The number of aliphatic hydroxyl groups is 1. The molecule has 0 bridgehead atoms. The van der Waals surface area contributed by atoms with Crippen LogP contribution in [0, 0.1) is 30.4 Å². The predicted molar refractivity (Wildman–Crippen MR) is 124 cm³/mol. The van der Waals surface area contributed by atoms with Crippen LogP contribution in [-0.2, 0) is 10.4 Å². The highest BCUT2D eigenvalue weighted by atomic mass is 19.1. The number of rotatable bonds is 4. The fourth-order valence-electron chi connectivity index (χ4n) is 5.23. The van der Waals surface area contributed by atoms with E-state index in [9.17, 15) is 14.3 Å². The normalized spacial score (nSPS) is 23.5. The van der Waals surface area contributed by atoms with E-state index in [-0.39, 0.29) is 29.9 Å². The molecule has 4 rings (SSSR count). The fourth-order valence-corrected chi connectivity index (χ4v) is 5.23. The number of hydrogen-bond acceptors (Lipinski definition) is 4. The average molecular weight is 457 g/mol. The number of piperidine rings is 1. The number of aromatic amines is 1. The summed E-state index contributed by atoms with van der Waals surface area (Å²) in [5.74, 6) is -1.75. The van der Waals surface area contributed by atoms with Gasteiger partial charge in [-0.05, 0) is 49.8 Å². The zero-order chi connectivity index (χ0) is 24.1. The second-order valence-electron chi connectivity index (χ2n) is 9.53. The van der Waals surface area contributed by atoms with E-state index in [1.165, 1.54) is 12.3 Å². The van der Waals surface area contributed by atoms with Crippen LogP contribution in [0.25, 0.3) is 22.2 Å². The molecular formula is C25H30F2N4O2. The second kappa shape index (κ2) is 8.50. The molecular weight excluding hydrogens is 426 g/mol. The zero-order valence-electron chi connectivity index (χ0n) is 19.6. The number of pyridine rings is 1. The molecule has 0 spiro atoms. The van der Waals surface area contributed by atoms with Crippen molar-refractivity contribution >= 4 is 16.9 Å². The van der Waals surface area contributed by atoms with E-state index in [1.54, 1.807) is 30.2 Å². The van der Waals surface area contributed by atoms with E-state index in [0.717, 1.165) is 0 Å². The fraction of sp³-hybridized carbons (Fsp3) is 0.440. The molecule has 1 aliphatic heterocycles. The number of nitrogens with one attached hydrogen (secondary N) is 1. The number of hydrogen-bond donors (Lipinski definition) is 2. The van der Waals surface area contributed by atoms with Crippen LogP contribution in [0.5, 0.6) is 0 Å². The Balaban J connectivity index is 1.73. The molecule has 33 heavy (non-hydrogen) atoms. The zero-order valence-corrected chi connectivity index (χ0v) is 19.6. The van der Waals surface area contributed by atoms with E-state index < -0.39 is 17.2 Å². The lowest BCUT2D eigenvalue weighted by atomic mass is 9.69. The van der Waals surface area contributed by atoms with Crippen LogP contribution in [0.4, 0.5) is 8.78 Å². The van der Waals surface area contributed by atoms with Crippen LogP contribution in [0.2, 0.25) is 0 Å². The summed E-state index contributed by atoms with van der Waals surface area (Å²) in [7, 11) is 3.67. The van der Waals surface area contributed by atoms with Gasteiger partial charge in [0.15, 0.2) is 5.82 Å². The Morgan fingerprint density at radius 2 is 1.91 bits per heavy atom. The minimum Gasteiger partial charge on any atom is -0.384 e. The number of likely N-dealkylation sites (N-methyl/N-ethyl adjacent to an activating group) is 1. The maximum absolute atomic E-state index is 15.7. The Bertz CT molecular complexity index is 1170. The van der Waals surface area contributed by atoms with E-state index in [0.29, 0.717) is 40.8 Å². The van der Waals surface area contributed by atoms with Crippen LogP contribution in [-0.4, -0.2) is 64.5 Å². The molecule has 176 valence electrons. The Labute approximate surface area is 192 Å². The minimum absolute atomic E-state index is 0.0106. The number of benzene rings is 1. The van der Waals surface area contributed by atoms with Gasteiger partial charge in [0.25, 0.3) is 0 Å². The first-order valence-corrected chi connectivity index (χ1v) is 11.1. The monoisotopic (exact) mass is 456 g/mol. The van der Waals surface area contributed by atoms with Gasteiger partial charge in [-0.15, -0.1) is 0 Å². The molecule has 2 aromatic heterocycles. The molecule has 1 saturated heterocycles. The standard InChI is InChI=1S/C25H30F2N4O2/c1-14-8-17(18-6-7-28-24-22(18)20(27)10-29-24)9-19(26)23(14)25(33)15(2)11-31(12-16(25)3)21(32)13-30(4)5/h6-10,15-16,33H,11-13H2,1-5H3,(H,28,29)/t15-,16+,25-. The van der Waals surface area contributed by atoms with Crippen molar-refractivity contribution in [3.63, 3.8) is 0 Å². The number of H-pyrrole nitrogens is 1. The summed E-state index contributed by atoms with van der Waals surface area (Å²) < 4.78 is 30.0. The molecule has 1 aliphatic rings. The summed E-state index contributed by atoms with van der Waals surface area (Å²) >= 11 is 0. The maximum atomic E-state index is 15.7. The lowest BCUT2D eigenvalue weighted by Crippen LogP contribution is -2.57. The minimum atomic E-state index is -1.44. The first-order chi connectivity index (χ1) is 15.5. The summed E-state index contributed by atoms with van der Waals surface area (Å²) in [6, 6.07) is 4.78. The van der Waals surface area contributed by atoms with Gasteiger partial charge in [-0.25, -0.2) is 13.8 Å². The van der Waals surface area contributed by atoms with Gasteiger partial charge in [0.05, 0.1) is 11.9 Å². The van der Waals surface area contributed by atoms with Gasteiger partial charge in [-0.1, -0.05) is 19.9 Å². The van der Waals surface area contributed by atoms with E-state index in [1.807, 2.05) is 32.8 Å². The second-order valence-corrected chi connectivity index (χ2v) is 9.53.